The predicted molar refractivity (Wildman–Crippen MR) is 73.2 cm³/mol. The Morgan fingerprint density at radius 1 is 1.16 bits per heavy atom. The van der Waals surface area contributed by atoms with Crippen molar-refractivity contribution in [2.75, 3.05) is 0 Å². The van der Waals surface area contributed by atoms with E-state index >= 15 is 0 Å². The average molecular weight is 289 g/mol. The molecule has 0 saturated carbocycles. The number of nitrogens with zero attached hydrogens (tertiary/aromatic N) is 4. The van der Waals surface area contributed by atoms with Gasteiger partial charge in [-0.2, -0.15) is 10.4 Å². The fourth-order valence-electron chi connectivity index (χ4n) is 1.84. The van der Waals surface area contributed by atoms with E-state index in [1.165, 1.54) is 6.20 Å². The van der Waals surface area contributed by atoms with Crippen LogP contribution in [0, 0.1) is 11.3 Å². The number of halogens is 2. The third-order valence-electron chi connectivity index (χ3n) is 2.74. The fourth-order valence-corrected chi connectivity index (χ4v) is 2.14. The first kappa shape index (κ1) is 12.0. The van der Waals surface area contributed by atoms with Crippen LogP contribution in [0.2, 0.25) is 10.0 Å². The van der Waals surface area contributed by atoms with Crippen LogP contribution in [0.5, 0.6) is 0 Å². The number of hydrogen-bond acceptors (Lipinski definition) is 3. The number of aromatic nitrogens is 3. The van der Waals surface area contributed by atoms with Crippen LogP contribution in [0.15, 0.2) is 36.7 Å². The lowest BCUT2D eigenvalue weighted by molar-refractivity contribution is 0.948. The summed E-state index contributed by atoms with van der Waals surface area (Å²) in [4.78, 5) is 4.16. The summed E-state index contributed by atoms with van der Waals surface area (Å²) in [7, 11) is 0. The van der Waals surface area contributed by atoms with Gasteiger partial charge in [0.1, 0.15) is 11.6 Å². The molecule has 2 aromatic heterocycles. The van der Waals surface area contributed by atoms with Crippen molar-refractivity contribution >= 4 is 28.8 Å². The molecule has 0 saturated heterocycles. The summed E-state index contributed by atoms with van der Waals surface area (Å²) in [6.07, 6.45) is 3.12. The van der Waals surface area contributed by atoms with Crippen molar-refractivity contribution in [2.45, 2.75) is 0 Å². The Hall–Kier alpha value is -2.09. The average Bonchev–Trinajstić information content (AvgIpc) is 2.85. The zero-order valence-electron chi connectivity index (χ0n) is 9.51. The molecule has 0 radical (unpaired) electrons. The van der Waals surface area contributed by atoms with Gasteiger partial charge in [0.05, 0.1) is 21.9 Å². The van der Waals surface area contributed by atoms with Crippen LogP contribution in [-0.4, -0.2) is 14.6 Å². The lowest BCUT2D eigenvalue weighted by Crippen LogP contribution is -1.95. The molecule has 6 heteroatoms. The first-order valence-corrected chi connectivity index (χ1v) is 6.14. The highest BCUT2D eigenvalue weighted by Crippen LogP contribution is 2.28. The van der Waals surface area contributed by atoms with Gasteiger partial charge in [-0.3, -0.25) is 0 Å². The number of benzene rings is 1. The van der Waals surface area contributed by atoms with Gasteiger partial charge in [0.2, 0.25) is 0 Å². The molecule has 0 atom stereocenters. The zero-order chi connectivity index (χ0) is 13.4. The van der Waals surface area contributed by atoms with Gasteiger partial charge in [-0.15, -0.1) is 0 Å². The molecule has 0 spiro atoms. The summed E-state index contributed by atoms with van der Waals surface area (Å²) in [5.74, 6) is 0. The summed E-state index contributed by atoms with van der Waals surface area (Å²) < 4.78 is 1.61. The fraction of sp³-hybridized carbons (Fsp3) is 0. The Balaban J connectivity index is 2.28. The molecule has 0 aliphatic carbocycles. The number of rotatable bonds is 1. The van der Waals surface area contributed by atoms with Gasteiger partial charge in [0.25, 0.3) is 0 Å². The molecule has 0 fully saturated rings. The molecule has 0 unspecified atom stereocenters. The van der Waals surface area contributed by atoms with Crippen molar-refractivity contribution in [3.63, 3.8) is 0 Å². The van der Waals surface area contributed by atoms with Crippen molar-refractivity contribution < 1.29 is 0 Å². The Labute approximate surface area is 118 Å². The van der Waals surface area contributed by atoms with E-state index in [1.807, 2.05) is 6.07 Å². The van der Waals surface area contributed by atoms with Gasteiger partial charge in [0, 0.05) is 11.8 Å². The van der Waals surface area contributed by atoms with Gasteiger partial charge in [-0.1, -0.05) is 29.3 Å². The molecule has 0 bridgehead atoms. The first-order chi connectivity index (χ1) is 9.20. The van der Waals surface area contributed by atoms with Crippen LogP contribution in [0.1, 0.15) is 5.56 Å². The van der Waals surface area contributed by atoms with E-state index in [-0.39, 0.29) is 0 Å². The van der Waals surface area contributed by atoms with Gasteiger partial charge >= 0.3 is 0 Å². The molecule has 0 aliphatic rings. The second-order valence-corrected chi connectivity index (χ2v) is 4.68. The molecule has 19 heavy (non-hydrogen) atoms. The van der Waals surface area contributed by atoms with Crippen LogP contribution in [0.3, 0.4) is 0 Å². The molecule has 2 heterocycles. The van der Waals surface area contributed by atoms with Crippen molar-refractivity contribution in [3.05, 3.63) is 52.3 Å². The number of nitriles is 1. The maximum atomic E-state index is 8.98. The van der Waals surface area contributed by atoms with Gasteiger partial charge in [-0.05, 0) is 18.2 Å². The molecular formula is C13H6Cl2N4. The van der Waals surface area contributed by atoms with E-state index in [0.717, 1.165) is 11.3 Å². The minimum atomic E-state index is 0.432. The van der Waals surface area contributed by atoms with Gasteiger partial charge in [0.15, 0.2) is 5.65 Å². The van der Waals surface area contributed by atoms with E-state index in [9.17, 15) is 0 Å². The Bertz CT molecular complexity index is 817. The summed E-state index contributed by atoms with van der Waals surface area (Å²) >= 11 is 11.9. The maximum absolute atomic E-state index is 8.98. The predicted octanol–water partition coefficient (Wildman–Crippen LogP) is 3.57. The van der Waals surface area contributed by atoms with Crippen LogP contribution in [0.25, 0.3) is 16.9 Å². The highest BCUT2D eigenvalue weighted by Gasteiger charge is 2.10. The molecule has 3 rings (SSSR count). The van der Waals surface area contributed by atoms with E-state index in [4.69, 9.17) is 28.5 Å². The van der Waals surface area contributed by atoms with Gasteiger partial charge < -0.3 is 0 Å². The van der Waals surface area contributed by atoms with E-state index in [2.05, 4.69) is 16.2 Å². The summed E-state index contributed by atoms with van der Waals surface area (Å²) in [5.41, 5.74) is 2.60. The van der Waals surface area contributed by atoms with Crippen molar-refractivity contribution in [1.29, 1.82) is 5.26 Å². The van der Waals surface area contributed by atoms with Crippen molar-refractivity contribution in [3.8, 4) is 17.3 Å². The van der Waals surface area contributed by atoms with Crippen LogP contribution in [-0.2, 0) is 0 Å². The molecule has 3 aromatic rings. The zero-order valence-corrected chi connectivity index (χ0v) is 11.0. The summed E-state index contributed by atoms with van der Waals surface area (Å²) in [6, 6.07) is 9.19. The van der Waals surface area contributed by atoms with Gasteiger partial charge in [-0.25, -0.2) is 9.50 Å². The van der Waals surface area contributed by atoms with Crippen molar-refractivity contribution in [1.82, 2.24) is 14.6 Å². The normalized spacial score (nSPS) is 10.6. The standard InChI is InChI=1S/C13H6Cl2N4/c14-10-2-1-8(5-11(10)15)12-3-4-17-13-9(6-16)7-18-19(12)13/h1-5,7H. The second kappa shape index (κ2) is 4.54. The lowest BCUT2D eigenvalue weighted by Gasteiger charge is -2.05. The minimum Gasteiger partial charge on any atom is -0.236 e. The first-order valence-electron chi connectivity index (χ1n) is 5.39. The molecule has 0 amide bonds. The monoisotopic (exact) mass is 288 g/mol. The molecule has 4 nitrogen and oxygen atoms in total. The van der Waals surface area contributed by atoms with Crippen LogP contribution >= 0.6 is 23.2 Å². The SMILES string of the molecule is N#Cc1cnn2c(-c3ccc(Cl)c(Cl)c3)ccnc12. The maximum Gasteiger partial charge on any atom is 0.173 e. The second-order valence-electron chi connectivity index (χ2n) is 3.86. The Morgan fingerprint density at radius 3 is 2.74 bits per heavy atom. The van der Waals surface area contributed by atoms with Crippen LogP contribution < -0.4 is 0 Å². The van der Waals surface area contributed by atoms with Crippen LogP contribution in [0.4, 0.5) is 0 Å². The lowest BCUT2D eigenvalue weighted by atomic mass is 10.1. The van der Waals surface area contributed by atoms with E-state index < -0.39 is 0 Å². The summed E-state index contributed by atoms with van der Waals surface area (Å²) in [5, 5.41) is 14.1. The Kier molecular flexibility index (Phi) is 2.86. The highest BCUT2D eigenvalue weighted by atomic mass is 35.5. The minimum absolute atomic E-state index is 0.432. The third kappa shape index (κ3) is 1.93. The molecule has 92 valence electrons. The summed E-state index contributed by atoms with van der Waals surface area (Å²) in [6.45, 7) is 0. The molecule has 0 N–H and O–H groups in total. The smallest absolute Gasteiger partial charge is 0.173 e. The molecule has 1 aromatic carbocycles. The largest absolute Gasteiger partial charge is 0.236 e. The van der Waals surface area contributed by atoms with Crippen molar-refractivity contribution in [2.24, 2.45) is 0 Å². The quantitative estimate of drug-likeness (QED) is 0.688. The number of hydrogen-bond donors (Lipinski definition) is 0. The topological polar surface area (TPSA) is 54.0 Å². The van der Waals surface area contributed by atoms with E-state index in [0.29, 0.717) is 21.3 Å². The van der Waals surface area contributed by atoms with E-state index in [1.54, 1.807) is 28.9 Å². The highest BCUT2D eigenvalue weighted by molar-refractivity contribution is 6.42. The Morgan fingerprint density at radius 2 is 2.00 bits per heavy atom. The molecular weight excluding hydrogens is 283 g/mol. The molecule has 0 aliphatic heterocycles. The third-order valence-corrected chi connectivity index (χ3v) is 3.48. The number of fused-ring (bicyclic) bond motifs is 1.